The summed E-state index contributed by atoms with van der Waals surface area (Å²) in [6.45, 7) is 0. The molecule has 24 heavy (non-hydrogen) atoms. The Kier molecular flexibility index (Phi) is 3.39. The maximum atomic E-state index is 14.3. The van der Waals surface area contributed by atoms with Gasteiger partial charge in [-0.25, -0.2) is 18.4 Å². The van der Waals surface area contributed by atoms with Crippen LogP contribution in [0, 0.1) is 5.82 Å². The molecule has 0 spiro atoms. The fraction of sp³-hybridized carbons (Fsp3) is 0.111. The third kappa shape index (κ3) is 2.20. The van der Waals surface area contributed by atoms with Crippen molar-refractivity contribution >= 4 is 17.2 Å². The Hall–Kier alpha value is -2.66. The van der Waals surface area contributed by atoms with E-state index in [9.17, 15) is 9.18 Å². The van der Waals surface area contributed by atoms with Crippen LogP contribution >= 0.6 is 11.6 Å². The first-order valence-corrected chi connectivity index (χ1v) is 7.84. The van der Waals surface area contributed by atoms with Crippen LogP contribution in [0.25, 0.3) is 11.3 Å². The maximum absolute atomic E-state index is 14.3. The van der Waals surface area contributed by atoms with Gasteiger partial charge in [0.1, 0.15) is 11.6 Å². The quantitative estimate of drug-likeness (QED) is 0.681. The lowest BCUT2D eigenvalue weighted by Gasteiger charge is -2.13. The van der Waals surface area contributed by atoms with Crippen LogP contribution in [0.15, 0.2) is 53.3 Å². The lowest BCUT2D eigenvalue weighted by molar-refractivity contribution is 0.624. The molecule has 0 fully saturated rings. The van der Waals surface area contributed by atoms with Crippen molar-refractivity contribution in [1.82, 2.24) is 14.3 Å². The number of hydrogen-bond donors (Lipinski definition) is 0. The highest BCUT2D eigenvalue weighted by molar-refractivity contribution is 6.30. The highest BCUT2D eigenvalue weighted by atomic mass is 35.5. The van der Waals surface area contributed by atoms with Crippen molar-refractivity contribution in [1.29, 1.82) is 0 Å². The minimum Gasteiger partial charge on any atom is -0.246 e. The molecule has 0 radical (unpaired) electrons. The van der Waals surface area contributed by atoms with Crippen molar-refractivity contribution in [2.45, 2.75) is 6.42 Å². The maximum Gasteiger partial charge on any atom is 0.350 e. The molecule has 0 atom stereocenters. The van der Waals surface area contributed by atoms with Crippen LogP contribution in [0.2, 0.25) is 5.02 Å². The Labute approximate surface area is 142 Å². The Morgan fingerprint density at radius 2 is 1.96 bits per heavy atom. The van der Waals surface area contributed by atoms with E-state index in [1.165, 1.54) is 10.7 Å². The molecule has 0 N–H and O–H groups in total. The Balaban J connectivity index is 2.05. The molecule has 6 heteroatoms. The van der Waals surface area contributed by atoms with Gasteiger partial charge in [-0.2, -0.15) is 5.10 Å². The molecule has 3 aromatic rings. The van der Waals surface area contributed by atoms with Crippen molar-refractivity contribution in [3.05, 3.63) is 86.8 Å². The van der Waals surface area contributed by atoms with E-state index in [4.69, 9.17) is 11.6 Å². The van der Waals surface area contributed by atoms with Gasteiger partial charge < -0.3 is 0 Å². The SMILES string of the molecule is Cn1nc2n(c1=O)-c1ccc(Cl)cc1C(c1ccccc1F)=CC2. The summed E-state index contributed by atoms with van der Waals surface area (Å²) >= 11 is 6.17. The smallest absolute Gasteiger partial charge is 0.246 e. The number of allylic oxidation sites excluding steroid dienone is 1. The Morgan fingerprint density at radius 3 is 2.75 bits per heavy atom. The summed E-state index contributed by atoms with van der Waals surface area (Å²) in [5.41, 5.74) is 2.31. The van der Waals surface area contributed by atoms with Crippen LogP contribution in [-0.4, -0.2) is 14.3 Å². The van der Waals surface area contributed by atoms with Gasteiger partial charge in [-0.15, -0.1) is 0 Å². The van der Waals surface area contributed by atoms with Gasteiger partial charge in [0, 0.05) is 29.6 Å². The van der Waals surface area contributed by atoms with Gasteiger partial charge in [0.2, 0.25) is 0 Å². The Bertz CT molecular complexity index is 1050. The predicted molar refractivity (Wildman–Crippen MR) is 91.0 cm³/mol. The lowest BCUT2D eigenvalue weighted by Crippen LogP contribution is -2.22. The largest absolute Gasteiger partial charge is 0.350 e. The molecule has 4 nitrogen and oxygen atoms in total. The van der Waals surface area contributed by atoms with Gasteiger partial charge in [0.25, 0.3) is 0 Å². The third-order valence-corrected chi connectivity index (χ3v) is 4.37. The molecule has 0 aliphatic carbocycles. The van der Waals surface area contributed by atoms with Gasteiger partial charge in [-0.1, -0.05) is 35.9 Å². The molecule has 0 saturated heterocycles. The van der Waals surface area contributed by atoms with Crippen LogP contribution in [0.3, 0.4) is 0 Å². The minimum atomic E-state index is -0.317. The van der Waals surface area contributed by atoms with Gasteiger partial charge in [0.15, 0.2) is 0 Å². The molecule has 0 amide bonds. The second-order valence-corrected chi connectivity index (χ2v) is 6.06. The average Bonchev–Trinajstić information content (AvgIpc) is 2.75. The van der Waals surface area contributed by atoms with Crippen LogP contribution in [0.1, 0.15) is 17.0 Å². The highest BCUT2D eigenvalue weighted by Gasteiger charge is 2.22. The van der Waals surface area contributed by atoms with E-state index in [1.54, 1.807) is 48.0 Å². The standard InChI is InChI=1S/C18H13ClFN3O/c1-22-18(24)23-16-8-6-11(19)10-14(16)12(7-9-17(23)21-22)13-4-2-3-5-15(13)20/h2-8,10H,9H2,1H3. The molecule has 4 rings (SSSR count). The second-order valence-electron chi connectivity index (χ2n) is 5.62. The molecular formula is C18H13ClFN3O. The first-order chi connectivity index (χ1) is 11.6. The molecule has 0 bridgehead atoms. The van der Waals surface area contributed by atoms with Crippen molar-refractivity contribution in [2.24, 2.45) is 7.05 Å². The van der Waals surface area contributed by atoms with E-state index in [1.807, 2.05) is 6.08 Å². The summed E-state index contributed by atoms with van der Waals surface area (Å²) in [7, 11) is 1.61. The van der Waals surface area contributed by atoms with E-state index in [-0.39, 0.29) is 11.5 Å². The van der Waals surface area contributed by atoms with Crippen LogP contribution in [0.4, 0.5) is 4.39 Å². The average molecular weight is 342 g/mol. The van der Waals surface area contributed by atoms with Crippen molar-refractivity contribution in [3.63, 3.8) is 0 Å². The second kappa shape index (κ2) is 5.46. The zero-order chi connectivity index (χ0) is 16.8. The lowest BCUT2D eigenvalue weighted by atomic mass is 9.95. The van der Waals surface area contributed by atoms with Crippen molar-refractivity contribution in [3.8, 4) is 5.69 Å². The number of fused-ring (bicyclic) bond motifs is 3. The minimum absolute atomic E-state index is 0.239. The molecule has 1 aliphatic heterocycles. The van der Waals surface area contributed by atoms with Gasteiger partial charge in [-0.05, 0) is 29.8 Å². The van der Waals surface area contributed by atoms with Gasteiger partial charge in [0.05, 0.1) is 5.69 Å². The third-order valence-electron chi connectivity index (χ3n) is 4.13. The monoisotopic (exact) mass is 341 g/mol. The molecular weight excluding hydrogens is 329 g/mol. The number of aryl methyl sites for hydroxylation is 1. The summed E-state index contributed by atoms with van der Waals surface area (Å²) in [4.78, 5) is 12.5. The number of benzene rings is 2. The van der Waals surface area contributed by atoms with Crippen LogP contribution < -0.4 is 5.69 Å². The highest BCUT2D eigenvalue weighted by Crippen LogP contribution is 2.34. The van der Waals surface area contributed by atoms with E-state index in [2.05, 4.69) is 5.10 Å². The number of hydrogen-bond acceptors (Lipinski definition) is 2. The normalized spacial score (nSPS) is 13.0. The zero-order valence-electron chi connectivity index (χ0n) is 12.8. The van der Waals surface area contributed by atoms with Crippen LogP contribution in [-0.2, 0) is 13.5 Å². The summed E-state index contributed by atoms with van der Waals surface area (Å²) in [6, 6.07) is 11.8. The molecule has 1 aliphatic rings. The number of nitrogens with zero attached hydrogens (tertiary/aromatic N) is 3. The predicted octanol–water partition coefficient (Wildman–Crippen LogP) is 3.35. The molecule has 1 aromatic heterocycles. The topological polar surface area (TPSA) is 39.8 Å². The van der Waals surface area contributed by atoms with Crippen molar-refractivity contribution < 1.29 is 4.39 Å². The Morgan fingerprint density at radius 1 is 1.17 bits per heavy atom. The van der Waals surface area contributed by atoms with Crippen molar-refractivity contribution in [2.75, 3.05) is 0 Å². The summed E-state index contributed by atoms with van der Waals surface area (Å²) in [6.07, 6.45) is 2.31. The summed E-state index contributed by atoms with van der Waals surface area (Å²) < 4.78 is 17.2. The van der Waals surface area contributed by atoms with E-state index in [0.717, 1.165) is 0 Å². The first-order valence-electron chi connectivity index (χ1n) is 7.46. The summed E-state index contributed by atoms with van der Waals surface area (Å²) in [5.74, 6) is 0.291. The molecule has 0 unspecified atom stereocenters. The van der Waals surface area contributed by atoms with Crippen LogP contribution in [0.5, 0.6) is 0 Å². The fourth-order valence-corrected chi connectivity index (χ4v) is 3.22. The molecule has 2 aromatic carbocycles. The number of aromatic nitrogens is 3. The fourth-order valence-electron chi connectivity index (χ4n) is 3.05. The molecule has 2 heterocycles. The zero-order valence-corrected chi connectivity index (χ0v) is 13.6. The molecule has 0 saturated carbocycles. The van der Waals surface area contributed by atoms with E-state index in [0.29, 0.717) is 39.7 Å². The van der Waals surface area contributed by atoms with Gasteiger partial charge in [-0.3, -0.25) is 0 Å². The van der Waals surface area contributed by atoms with Gasteiger partial charge >= 0.3 is 5.69 Å². The number of halogens is 2. The summed E-state index contributed by atoms with van der Waals surface area (Å²) in [5, 5.41) is 4.80. The molecule has 120 valence electrons. The van der Waals surface area contributed by atoms with E-state index < -0.39 is 0 Å². The first kappa shape index (κ1) is 14.9. The van der Waals surface area contributed by atoms with E-state index >= 15 is 0 Å². The number of rotatable bonds is 1.